The lowest BCUT2D eigenvalue weighted by molar-refractivity contribution is -0.144. The van der Waals surface area contributed by atoms with Gasteiger partial charge in [0, 0.05) is 77.5 Å². The minimum absolute atomic E-state index is 0.189. The summed E-state index contributed by atoms with van der Waals surface area (Å²) in [5, 5.41) is 0. The van der Waals surface area contributed by atoms with Crippen molar-refractivity contribution in [2.24, 2.45) is 0 Å². The predicted octanol–water partition coefficient (Wildman–Crippen LogP) is 11.7. The molecule has 322 valence electrons. The molecule has 0 saturated heterocycles. The summed E-state index contributed by atoms with van der Waals surface area (Å²) >= 11 is 0. The fraction of sp³-hybridized carbons (Fsp3) is 0.957. The molecule has 0 spiro atoms. The molecule has 0 heterocycles. The van der Waals surface area contributed by atoms with Gasteiger partial charge < -0.3 is 23.8 Å². The van der Waals surface area contributed by atoms with E-state index in [1.54, 1.807) is 0 Å². The molecule has 8 nitrogen and oxygen atoms in total. The maximum Gasteiger partial charge on any atom is 0.307 e. The second-order valence-electron chi connectivity index (χ2n) is 16.2. The van der Waals surface area contributed by atoms with Gasteiger partial charge in [0.15, 0.2) is 0 Å². The van der Waals surface area contributed by atoms with Crippen LogP contribution >= 0.6 is 0 Å². The summed E-state index contributed by atoms with van der Waals surface area (Å²) in [7, 11) is 0. The number of esters is 2. The Balaban J connectivity index is 4.07. The van der Waals surface area contributed by atoms with Crippen LogP contribution in [0.5, 0.6) is 0 Å². The van der Waals surface area contributed by atoms with E-state index in [2.05, 4.69) is 51.3 Å². The van der Waals surface area contributed by atoms with Crippen molar-refractivity contribution >= 4 is 11.9 Å². The van der Waals surface area contributed by atoms with Gasteiger partial charge in [-0.3, -0.25) is 14.5 Å². The van der Waals surface area contributed by atoms with Crippen LogP contribution in [0.25, 0.3) is 0 Å². The van der Waals surface area contributed by atoms with Crippen molar-refractivity contribution in [1.82, 2.24) is 9.80 Å². The van der Waals surface area contributed by atoms with Crippen LogP contribution in [0.4, 0.5) is 0 Å². The highest BCUT2D eigenvalue weighted by Gasteiger charge is 2.17. The molecule has 0 atom stereocenters. The second kappa shape index (κ2) is 41.4. The van der Waals surface area contributed by atoms with E-state index in [1.807, 2.05) is 0 Å². The lowest BCUT2D eigenvalue weighted by Crippen LogP contribution is -2.43. The van der Waals surface area contributed by atoms with Gasteiger partial charge in [0.1, 0.15) is 0 Å². The van der Waals surface area contributed by atoms with Gasteiger partial charge in [0.25, 0.3) is 0 Å². The molecule has 0 saturated carbocycles. The molecule has 8 heteroatoms. The van der Waals surface area contributed by atoms with E-state index < -0.39 is 0 Å². The minimum Gasteiger partial charge on any atom is -0.466 e. The first-order valence-corrected chi connectivity index (χ1v) is 23.3. The lowest BCUT2D eigenvalue weighted by Gasteiger charge is -2.33. The molecule has 0 bridgehead atoms. The van der Waals surface area contributed by atoms with Crippen LogP contribution in [0.15, 0.2) is 0 Å². The maximum absolute atomic E-state index is 12.6. The first-order valence-electron chi connectivity index (χ1n) is 23.3. The summed E-state index contributed by atoms with van der Waals surface area (Å²) in [6, 6.07) is 0.854. The molecule has 0 aliphatic heterocycles. The smallest absolute Gasteiger partial charge is 0.307 e. The van der Waals surface area contributed by atoms with Gasteiger partial charge in [-0.25, -0.2) is 0 Å². The zero-order valence-corrected chi connectivity index (χ0v) is 37.0. The Morgan fingerprint density at radius 2 is 0.704 bits per heavy atom. The van der Waals surface area contributed by atoms with E-state index in [-0.39, 0.29) is 11.9 Å². The molecular formula is C46H92N2O6. The number of carbonyl (C=O) groups excluding carboxylic acids is 2. The Kier molecular flexibility index (Phi) is 40.5. The fourth-order valence-corrected chi connectivity index (χ4v) is 6.98. The molecule has 0 amide bonds. The van der Waals surface area contributed by atoms with Crippen LogP contribution in [0.2, 0.25) is 0 Å². The van der Waals surface area contributed by atoms with E-state index >= 15 is 0 Å². The third-order valence-corrected chi connectivity index (χ3v) is 10.4. The zero-order valence-electron chi connectivity index (χ0n) is 37.0. The van der Waals surface area contributed by atoms with Gasteiger partial charge in [-0.15, -0.1) is 0 Å². The monoisotopic (exact) mass is 769 g/mol. The van der Waals surface area contributed by atoms with E-state index in [1.165, 1.54) is 128 Å². The van der Waals surface area contributed by atoms with Gasteiger partial charge >= 0.3 is 11.9 Å². The molecule has 0 aromatic heterocycles. The summed E-state index contributed by atoms with van der Waals surface area (Å²) in [6.07, 6.45) is 31.4. The molecule has 0 aromatic carbocycles. The maximum atomic E-state index is 12.6. The van der Waals surface area contributed by atoms with E-state index in [0.717, 1.165) is 52.0 Å². The Labute approximate surface area is 335 Å². The molecular weight excluding hydrogens is 677 g/mol. The van der Waals surface area contributed by atoms with Gasteiger partial charge in [-0.05, 0) is 40.5 Å². The van der Waals surface area contributed by atoms with Crippen molar-refractivity contribution in [3.05, 3.63) is 0 Å². The standard InChI is InChI=1S/C46H92N2O6/c1-7-9-11-13-15-17-19-21-23-25-27-37-51-39-29-41-53-45(49)31-33-47(35-36-48(43(3)4)44(5)6)34-32-46(50)54-42-30-40-52-38-28-26-24-22-20-18-16-14-12-10-8-2/h43-44H,7-42H2,1-6H3. The number of hydrogen-bond acceptors (Lipinski definition) is 8. The van der Waals surface area contributed by atoms with Gasteiger partial charge in [-0.2, -0.15) is 0 Å². The number of hydrogen-bond donors (Lipinski definition) is 0. The molecule has 0 N–H and O–H groups in total. The van der Waals surface area contributed by atoms with Crippen LogP contribution in [-0.4, -0.2) is 99.6 Å². The molecule has 0 radical (unpaired) electrons. The number of nitrogens with zero attached hydrogens (tertiary/aromatic N) is 2. The highest BCUT2D eigenvalue weighted by Crippen LogP contribution is 2.13. The first kappa shape index (κ1) is 52.8. The van der Waals surface area contributed by atoms with E-state index in [4.69, 9.17) is 18.9 Å². The summed E-state index contributed by atoms with van der Waals surface area (Å²) in [6.45, 7) is 19.8. The average molecular weight is 769 g/mol. The molecule has 0 fully saturated rings. The van der Waals surface area contributed by atoms with Crippen molar-refractivity contribution in [3.8, 4) is 0 Å². The van der Waals surface area contributed by atoms with Crippen LogP contribution in [0.3, 0.4) is 0 Å². The van der Waals surface area contributed by atoms with Crippen LogP contribution in [-0.2, 0) is 28.5 Å². The predicted molar refractivity (Wildman–Crippen MR) is 228 cm³/mol. The molecule has 0 aliphatic carbocycles. The molecule has 54 heavy (non-hydrogen) atoms. The minimum atomic E-state index is -0.189. The van der Waals surface area contributed by atoms with Crippen LogP contribution in [0.1, 0.15) is 208 Å². The molecule has 0 rings (SSSR count). The summed E-state index contributed by atoms with van der Waals surface area (Å²) in [5.41, 5.74) is 0. The van der Waals surface area contributed by atoms with Crippen molar-refractivity contribution in [1.29, 1.82) is 0 Å². The third-order valence-electron chi connectivity index (χ3n) is 10.4. The van der Waals surface area contributed by atoms with Crippen molar-refractivity contribution < 1.29 is 28.5 Å². The highest BCUT2D eigenvalue weighted by atomic mass is 16.5. The molecule has 0 aliphatic rings. The number of rotatable bonds is 43. The summed E-state index contributed by atoms with van der Waals surface area (Å²) in [4.78, 5) is 29.8. The Morgan fingerprint density at radius 3 is 1.04 bits per heavy atom. The van der Waals surface area contributed by atoms with E-state index in [0.29, 0.717) is 64.4 Å². The van der Waals surface area contributed by atoms with Crippen molar-refractivity contribution in [2.45, 2.75) is 221 Å². The normalized spacial score (nSPS) is 11.8. The van der Waals surface area contributed by atoms with Crippen molar-refractivity contribution in [2.75, 3.05) is 65.8 Å². The highest BCUT2D eigenvalue weighted by molar-refractivity contribution is 5.70. The number of ether oxygens (including phenoxy) is 4. The third kappa shape index (κ3) is 37.7. The van der Waals surface area contributed by atoms with Gasteiger partial charge in [-0.1, -0.05) is 142 Å². The topological polar surface area (TPSA) is 77.5 Å². The Bertz CT molecular complexity index is 735. The average Bonchev–Trinajstić information content (AvgIpc) is 3.15. The largest absolute Gasteiger partial charge is 0.466 e. The molecule has 0 aromatic rings. The molecule has 0 unspecified atom stereocenters. The SMILES string of the molecule is CCCCCCCCCCCCCOCCCOC(=O)CCN(CCC(=O)OCCCOCCCCCCCCCCCCC)CCN(C(C)C)C(C)C. The van der Waals surface area contributed by atoms with Crippen LogP contribution in [0, 0.1) is 0 Å². The quantitative estimate of drug-likeness (QED) is 0.0448. The Hall–Kier alpha value is -1.22. The zero-order chi connectivity index (χ0) is 39.7. The lowest BCUT2D eigenvalue weighted by atomic mass is 10.1. The second-order valence-corrected chi connectivity index (χ2v) is 16.2. The number of carbonyl (C=O) groups is 2. The first-order chi connectivity index (χ1) is 26.3. The fourth-order valence-electron chi connectivity index (χ4n) is 6.98. The summed E-state index contributed by atoms with van der Waals surface area (Å²) in [5.74, 6) is -0.378. The van der Waals surface area contributed by atoms with Gasteiger partial charge in [0.2, 0.25) is 0 Å². The van der Waals surface area contributed by atoms with Crippen molar-refractivity contribution in [3.63, 3.8) is 0 Å². The van der Waals surface area contributed by atoms with Gasteiger partial charge in [0.05, 0.1) is 26.1 Å². The Morgan fingerprint density at radius 1 is 0.389 bits per heavy atom. The van der Waals surface area contributed by atoms with E-state index in [9.17, 15) is 9.59 Å². The number of unbranched alkanes of at least 4 members (excludes halogenated alkanes) is 20. The summed E-state index contributed by atoms with van der Waals surface area (Å²) < 4.78 is 22.6. The van der Waals surface area contributed by atoms with Crippen LogP contribution < -0.4 is 0 Å².